The minimum Gasteiger partial charge on any atom is -0.395 e. The first-order chi connectivity index (χ1) is 10.0. The van der Waals surface area contributed by atoms with E-state index in [2.05, 4.69) is 19.2 Å². The van der Waals surface area contributed by atoms with E-state index < -0.39 is 6.10 Å². The zero-order chi connectivity index (χ0) is 15.7. The second-order valence-corrected chi connectivity index (χ2v) is 6.08. The van der Waals surface area contributed by atoms with Crippen molar-refractivity contribution in [3.63, 3.8) is 0 Å². The molecular formula is C16H26ClNO3. The van der Waals surface area contributed by atoms with Crippen LogP contribution < -0.4 is 5.32 Å². The predicted molar refractivity (Wildman–Crippen MR) is 85.4 cm³/mol. The lowest BCUT2D eigenvalue weighted by molar-refractivity contribution is 0.0262. The summed E-state index contributed by atoms with van der Waals surface area (Å²) >= 11 is 6.03. The van der Waals surface area contributed by atoms with E-state index in [1.165, 1.54) is 0 Å². The third-order valence-electron chi connectivity index (χ3n) is 3.14. The van der Waals surface area contributed by atoms with Gasteiger partial charge in [-0.15, -0.1) is 0 Å². The van der Waals surface area contributed by atoms with Gasteiger partial charge in [-0.05, 0) is 24.0 Å². The average Bonchev–Trinajstić information content (AvgIpc) is 2.45. The summed E-state index contributed by atoms with van der Waals surface area (Å²) in [6, 6.07) is 7.51. The molecule has 0 fully saturated rings. The van der Waals surface area contributed by atoms with Gasteiger partial charge in [-0.3, -0.25) is 0 Å². The molecule has 0 aliphatic carbocycles. The molecule has 120 valence electrons. The van der Waals surface area contributed by atoms with Crippen molar-refractivity contribution in [1.29, 1.82) is 0 Å². The molecule has 4 nitrogen and oxygen atoms in total. The van der Waals surface area contributed by atoms with Crippen LogP contribution in [0.3, 0.4) is 0 Å². The van der Waals surface area contributed by atoms with Crippen molar-refractivity contribution in [1.82, 2.24) is 5.32 Å². The number of aliphatic hydroxyl groups is 2. The van der Waals surface area contributed by atoms with Gasteiger partial charge in [-0.1, -0.05) is 43.6 Å². The van der Waals surface area contributed by atoms with Gasteiger partial charge in [0.15, 0.2) is 0 Å². The van der Waals surface area contributed by atoms with Gasteiger partial charge in [-0.25, -0.2) is 0 Å². The van der Waals surface area contributed by atoms with Gasteiger partial charge in [0, 0.05) is 17.6 Å². The number of nitrogens with one attached hydrogen (secondary N) is 1. The maximum Gasteiger partial charge on any atom is 0.0897 e. The second kappa shape index (κ2) is 10.1. The van der Waals surface area contributed by atoms with E-state index in [1.54, 1.807) is 0 Å². The Labute approximate surface area is 132 Å². The molecule has 0 amide bonds. The van der Waals surface area contributed by atoms with Crippen molar-refractivity contribution in [3.8, 4) is 0 Å². The van der Waals surface area contributed by atoms with Gasteiger partial charge >= 0.3 is 0 Å². The van der Waals surface area contributed by atoms with Crippen LogP contribution in [0.2, 0.25) is 5.02 Å². The molecule has 0 aliphatic rings. The summed E-state index contributed by atoms with van der Waals surface area (Å²) in [5.74, 6) is 0.503. The van der Waals surface area contributed by atoms with E-state index in [-0.39, 0.29) is 19.3 Å². The molecular weight excluding hydrogens is 290 g/mol. The molecule has 21 heavy (non-hydrogen) atoms. The second-order valence-electron chi connectivity index (χ2n) is 5.68. The van der Waals surface area contributed by atoms with Crippen LogP contribution in [0.5, 0.6) is 0 Å². The maximum atomic E-state index is 9.87. The molecule has 1 rings (SSSR count). The fourth-order valence-corrected chi connectivity index (χ4v) is 2.26. The molecule has 0 bridgehead atoms. The van der Waals surface area contributed by atoms with Gasteiger partial charge in [0.1, 0.15) is 0 Å². The van der Waals surface area contributed by atoms with Crippen LogP contribution in [-0.2, 0) is 11.3 Å². The first-order valence-electron chi connectivity index (χ1n) is 7.36. The summed E-state index contributed by atoms with van der Waals surface area (Å²) in [5, 5.41) is 22.9. The maximum absolute atomic E-state index is 9.87. The average molecular weight is 316 g/mol. The van der Waals surface area contributed by atoms with Crippen molar-refractivity contribution in [3.05, 3.63) is 34.9 Å². The van der Waals surface area contributed by atoms with Gasteiger partial charge in [0.05, 0.1) is 25.9 Å². The Hall–Kier alpha value is -0.650. The van der Waals surface area contributed by atoms with Crippen molar-refractivity contribution in [2.75, 3.05) is 19.8 Å². The molecule has 0 saturated carbocycles. The van der Waals surface area contributed by atoms with Crippen molar-refractivity contribution in [2.45, 2.75) is 39.0 Å². The summed E-state index contributed by atoms with van der Waals surface area (Å²) in [6.07, 6.45) is 0.276. The van der Waals surface area contributed by atoms with Crippen LogP contribution in [0, 0.1) is 5.92 Å². The molecule has 5 heteroatoms. The normalized spacial score (nSPS) is 14.4. The lowest BCUT2D eigenvalue weighted by Gasteiger charge is -2.20. The highest BCUT2D eigenvalue weighted by Crippen LogP contribution is 2.15. The van der Waals surface area contributed by atoms with E-state index in [0.717, 1.165) is 12.0 Å². The standard InChI is InChI=1S/C16H26ClNO3/c1-12(2)7-14(9-19)18-8-15(20)11-21-10-13-5-3-4-6-16(13)17/h3-6,12,14-15,18-20H,7-11H2,1-2H3. The molecule has 2 atom stereocenters. The molecule has 0 spiro atoms. The SMILES string of the molecule is CC(C)CC(CO)NCC(O)COCc1ccccc1Cl. The van der Waals surface area contributed by atoms with Crippen LogP contribution in [0.15, 0.2) is 24.3 Å². The molecule has 0 aromatic heterocycles. The lowest BCUT2D eigenvalue weighted by Crippen LogP contribution is -2.40. The highest BCUT2D eigenvalue weighted by Gasteiger charge is 2.12. The minimum absolute atomic E-state index is 0.0169. The summed E-state index contributed by atoms with van der Waals surface area (Å²) in [6.45, 7) is 5.30. The van der Waals surface area contributed by atoms with Crippen LogP contribution >= 0.6 is 11.6 Å². The summed E-state index contributed by atoms with van der Waals surface area (Å²) < 4.78 is 5.47. The van der Waals surface area contributed by atoms with Crippen LogP contribution in [0.25, 0.3) is 0 Å². The Morgan fingerprint density at radius 2 is 2.00 bits per heavy atom. The minimum atomic E-state index is -0.603. The number of hydrogen-bond acceptors (Lipinski definition) is 4. The zero-order valence-electron chi connectivity index (χ0n) is 12.8. The quantitative estimate of drug-likeness (QED) is 0.619. The van der Waals surface area contributed by atoms with Crippen molar-refractivity contribution >= 4 is 11.6 Å². The van der Waals surface area contributed by atoms with Crippen LogP contribution in [-0.4, -0.2) is 42.1 Å². The highest BCUT2D eigenvalue weighted by atomic mass is 35.5. The Morgan fingerprint density at radius 3 is 2.62 bits per heavy atom. The topological polar surface area (TPSA) is 61.7 Å². The van der Waals surface area contributed by atoms with E-state index in [4.69, 9.17) is 16.3 Å². The third-order valence-corrected chi connectivity index (χ3v) is 3.51. The first-order valence-corrected chi connectivity index (χ1v) is 7.74. The Bertz CT molecular complexity index is 401. The van der Waals surface area contributed by atoms with Crippen molar-refractivity contribution < 1.29 is 14.9 Å². The molecule has 1 aromatic carbocycles. The summed E-state index contributed by atoms with van der Waals surface area (Å²) in [7, 11) is 0. The fraction of sp³-hybridized carbons (Fsp3) is 0.625. The summed E-state index contributed by atoms with van der Waals surface area (Å²) in [4.78, 5) is 0. The molecule has 0 aliphatic heterocycles. The predicted octanol–water partition coefficient (Wildman–Crippen LogP) is 2.21. The molecule has 0 heterocycles. The summed E-state index contributed by atoms with van der Waals surface area (Å²) in [5.41, 5.74) is 0.910. The number of hydrogen-bond donors (Lipinski definition) is 3. The van der Waals surface area contributed by atoms with Crippen molar-refractivity contribution in [2.24, 2.45) is 5.92 Å². The zero-order valence-corrected chi connectivity index (χ0v) is 13.5. The fourth-order valence-electron chi connectivity index (χ4n) is 2.07. The third kappa shape index (κ3) is 7.79. The number of rotatable bonds is 10. The molecule has 1 aromatic rings. The Kier molecular flexibility index (Phi) is 8.88. The van der Waals surface area contributed by atoms with E-state index in [1.807, 2.05) is 24.3 Å². The van der Waals surface area contributed by atoms with E-state index in [0.29, 0.717) is 24.1 Å². The molecule has 2 unspecified atom stereocenters. The monoisotopic (exact) mass is 315 g/mol. The number of ether oxygens (including phenoxy) is 1. The lowest BCUT2D eigenvalue weighted by atomic mass is 10.0. The van der Waals surface area contributed by atoms with E-state index in [9.17, 15) is 10.2 Å². The van der Waals surface area contributed by atoms with E-state index >= 15 is 0 Å². The molecule has 0 radical (unpaired) electrons. The smallest absolute Gasteiger partial charge is 0.0897 e. The number of aliphatic hydroxyl groups excluding tert-OH is 2. The Morgan fingerprint density at radius 1 is 1.29 bits per heavy atom. The van der Waals surface area contributed by atoms with Crippen LogP contribution in [0.4, 0.5) is 0 Å². The van der Waals surface area contributed by atoms with Gasteiger partial charge in [0.2, 0.25) is 0 Å². The van der Waals surface area contributed by atoms with Crippen LogP contribution in [0.1, 0.15) is 25.8 Å². The molecule has 3 N–H and O–H groups in total. The van der Waals surface area contributed by atoms with Gasteiger partial charge in [-0.2, -0.15) is 0 Å². The van der Waals surface area contributed by atoms with Gasteiger partial charge in [0.25, 0.3) is 0 Å². The van der Waals surface area contributed by atoms with Gasteiger partial charge < -0.3 is 20.3 Å². The molecule has 0 saturated heterocycles. The number of benzene rings is 1. The highest BCUT2D eigenvalue weighted by molar-refractivity contribution is 6.31. The first kappa shape index (κ1) is 18.4. The number of halogens is 1. The Balaban J connectivity index is 2.22. The largest absolute Gasteiger partial charge is 0.395 e.